The number of nitrogen functional groups attached to an aromatic ring is 1. The minimum Gasteiger partial charge on any atom is -0.497 e. The Balaban J connectivity index is 2.01. The summed E-state index contributed by atoms with van der Waals surface area (Å²) in [5.74, 6) is 1.30. The van der Waals surface area contributed by atoms with Crippen molar-refractivity contribution in [2.45, 2.75) is 0 Å². The van der Waals surface area contributed by atoms with Crippen molar-refractivity contribution in [1.82, 2.24) is 15.0 Å². The molecule has 1 aromatic heterocycles. The number of anilines is 1. The maximum absolute atomic E-state index is 6.14. The van der Waals surface area contributed by atoms with Gasteiger partial charge >= 0.3 is 0 Å². The molecule has 100 valence electrons. The van der Waals surface area contributed by atoms with Crippen molar-refractivity contribution in [2.75, 3.05) is 12.8 Å². The molecule has 1 heterocycles. The molecular formula is C15H14N4O. The van der Waals surface area contributed by atoms with Crippen LogP contribution in [0.25, 0.3) is 16.9 Å². The molecule has 0 radical (unpaired) electrons. The highest BCUT2D eigenvalue weighted by Gasteiger charge is 2.12. The molecule has 5 heteroatoms. The molecule has 0 amide bonds. The second-order valence-electron chi connectivity index (χ2n) is 4.30. The Morgan fingerprint density at radius 1 is 1.00 bits per heavy atom. The van der Waals surface area contributed by atoms with E-state index in [2.05, 4.69) is 10.3 Å². The van der Waals surface area contributed by atoms with Gasteiger partial charge in [-0.25, -0.2) is 0 Å². The number of hydrogen-bond donors (Lipinski definition) is 1. The molecule has 0 spiro atoms. The van der Waals surface area contributed by atoms with Gasteiger partial charge in [-0.15, -0.1) is 5.10 Å². The van der Waals surface area contributed by atoms with Crippen molar-refractivity contribution in [1.29, 1.82) is 0 Å². The van der Waals surface area contributed by atoms with Crippen LogP contribution in [0.1, 0.15) is 0 Å². The molecule has 0 atom stereocenters. The quantitative estimate of drug-likeness (QED) is 0.791. The molecule has 20 heavy (non-hydrogen) atoms. The minimum absolute atomic E-state index is 0.515. The normalized spacial score (nSPS) is 10.4. The third-order valence-electron chi connectivity index (χ3n) is 3.07. The number of nitrogens with zero attached hydrogens (tertiary/aromatic N) is 3. The summed E-state index contributed by atoms with van der Waals surface area (Å²) >= 11 is 0. The number of methoxy groups -OCH3 is 1. The number of hydrogen-bond acceptors (Lipinski definition) is 4. The van der Waals surface area contributed by atoms with E-state index in [1.54, 1.807) is 11.8 Å². The van der Waals surface area contributed by atoms with Crippen LogP contribution < -0.4 is 10.5 Å². The molecule has 3 rings (SSSR count). The highest BCUT2D eigenvalue weighted by molar-refractivity contribution is 5.70. The lowest BCUT2D eigenvalue weighted by Crippen LogP contribution is -2.02. The Labute approximate surface area is 116 Å². The highest BCUT2D eigenvalue weighted by atomic mass is 16.5. The second-order valence-corrected chi connectivity index (χ2v) is 4.30. The molecule has 2 N–H and O–H groups in total. The molecule has 0 saturated heterocycles. The molecule has 0 aliphatic carbocycles. The van der Waals surface area contributed by atoms with E-state index in [0.29, 0.717) is 11.5 Å². The van der Waals surface area contributed by atoms with Crippen LogP contribution in [0.15, 0.2) is 54.6 Å². The Morgan fingerprint density at radius 2 is 1.70 bits per heavy atom. The van der Waals surface area contributed by atoms with Crippen LogP contribution in [0.5, 0.6) is 5.75 Å². The first kappa shape index (κ1) is 12.2. The maximum atomic E-state index is 6.14. The van der Waals surface area contributed by atoms with E-state index in [4.69, 9.17) is 10.5 Å². The molecule has 0 aliphatic rings. The third-order valence-corrected chi connectivity index (χ3v) is 3.07. The lowest BCUT2D eigenvalue weighted by atomic mass is 10.1. The number of ether oxygens (including phenoxy) is 1. The highest BCUT2D eigenvalue weighted by Crippen LogP contribution is 2.25. The summed E-state index contributed by atoms with van der Waals surface area (Å²) in [5, 5.41) is 8.28. The first-order chi connectivity index (χ1) is 9.79. The molecule has 5 nitrogen and oxygen atoms in total. The number of nitrogens with two attached hydrogens (primary N) is 1. The minimum atomic E-state index is 0.515. The summed E-state index contributed by atoms with van der Waals surface area (Å²) < 4.78 is 6.75. The van der Waals surface area contributed by atoms with Crippen molar-refractivity contribution in [3.63, 3.8) is 0 Å². The summed E-state index contributed by atoms with van der Waals surface area (Å²) in [4.78, 5) is 0. The zero-order chi connectivity index (χ0) is 13.9. The van der Waals surface area contributed by atoms with Crippen molar-refractivity contribution in [2.24, 2.45) is 0 Å². The molecule has 0 bridgehead atoms. The second kappa shape index (κ2) is 5.05. The van der Waals surface area contributed by atoms with Gasteiger partial charge in [0.1, 0.15) is 11.4 Å². The number of benzene rings is 2. The summed E-state index contributed by atoms with van der Waals surface area (Å²) in [6.07, 6.45) is 0. The molecule has 3 aromatic rings. The topological polar surface area (TPSA) is 66.0 Å². The lowest BCUT2D eigenvalue weighted by molar-refractivity contribution is 0.414. The van der Waals surface area contributed by atoms with Crippen LogP contribution >= 0.6 is 0 Å². The van der Waals surface area contributed by atoms with E-state index in [1.165, 1.54) is 0 Å². The number of rotatable bonds is 3. The first-order valence-corrected chi connectivity index (χ1v) is 6.20. The van der Waals surface area contributed by atoms with Crippen LogP contribution in [-0.2, 0) is 0 Å². The largest absolute Gasteiger partial charge is 0.497 e. The van der Waals surface area contributed by atoms with Gasteiger partial charge in [0.05, 0.1) is 12.8 Å². The van der Waals surface area contributed by atoms with Gasteiger partial charge in [0, 0.05) is 5.56 Å². The van der Waals surface area contributed by atoms with Gasteiger partial charge in [0.15, 0.2) is 5.82 Å². The van der Waals surface area contributed by atoms with Gasteiger partial charge in [-0.2, -0.15) is 4.68 Å². The van der Waals surface area contributed by atoms with Gasteiger partial charge in [-0.3, -0.25) is 0 Å². The Kier molecular flexibility index (Phi) is 3.09. The van der Waals surface area contributed by atoms with Crippen LogP contribution in [-0.4, -0.2) is 22.1 Å². The van der Waals surface area contributed by atoms with Crippen LogP contribution in [0.2, 0.25) is 0 Å². The fourth-order valence-corrected chi connectivity index (χ4v) is 2.00. The standard InChI is InChI=1S/C15H14N4O/c1-20-13-9-7-12(8-10-13)19-15(16)14(17-18-19)11-5-3-2-4-6-11/h2-10H,16H2,1H3. The average Bonchev–Trinajstić information content (AvgIpc) is 2.90. The van der Waals surface area contributed by atoms with Gasteiger partial charge in [-0.1, -0.05) is 35.5 Å². The lowest BCUT2D eigenvalue weighted by Gasteiger charge is -2.05. The van der Waals surface area contributed by atoms with E-state index in [1.807, 2.05) is 54.6 Å². The van der Waals surface area contributed by atoms with E-state index in [-0.39, 0.29) is 0 Å². The maximum Gasteiger partial charge on any atom is 0.155 e. The predicted octanol–water partition coefficient (Wildman–Crippen LogP) is 2.53. The van der Waals surface area contributed by atoms with Crippen LogP contribution in [0, 0.1) is 0 Å². The smallest absolute Gasteiger partial charge is 0.155 e. The van der Waals surface area contributed by atoms with Gasteiger partial charge in [0.25, 0.3) is 0 Å². The van der Waals surface area contributed by atoms with Crippen molar-refractivity contribution < 1.29 is 4.74 Å². The molecule has 0 unspecified atom stereocenters. The van der Waals surface area contributed by atoms with Crippen LogP contribution in [0.3, 0.4) is 0 Å². The van der Waals surface area contributed by atoms with Gasteiger partial charge in [-0.05, 0) is 24.3 Å². The van der Waals surface area contributed by atoms with E-state index in [9.17, 15) is 0 Å². The van der Waals surface area contributed by atoms with Crippen molar-refractivity contribution in [3.8, 4) is 22.7 Å². The van der Waals surface area contributed by atoms with Gasteiger partial charge in [0.2, 0.25) is 0 Å². The zero-order valence-corrected chi connectivity index (χ0v) is 11.0. The Morgan fingerprint density at radius 3 is 2.35 bits per heavy atom. The van der Waals surface area contributed by atoms with Gasteiger partial charge < -0.3 is 10.5 Å². The molecule has 0 fully saturated rings. The molecular weight excluding hydrogens is 252 g/mol. The molecule has 0 aliphatic heterocycles. The predicted molar refractivity (Wildman–Crippen MR) is 77.8 cm³/mol. The summed E-state index contributed by atoms with van der Waals surface area (Å²) in [7, 11) is 1.63. The van der Waals surface area contributed by atoms with Crippen LogP contribution in [0.4, 0.5) is 5.82 Å². The molecule has 2 aromatic carbocycles. The van der Waals surface area contributed by atoms with E-state index >= 15 is 0 Å². The average molecular weight is 266 g/mol. The summed E-state index contributed by atoms with van der Waals surface area (Å²) in [6.45, 7) is 0. The SMILES string of the molecule is COc1ccc(-n2nnc(-c3ccccc3)c2N)cc1. The van der Waals surface area contributed by atoms with Crippen molar-refractivity contribution >= 4 is 5.82 Å². The summed E-state index contributed by atoms with van der Waals surface area (Å²) in [5.41, 5.74) is 8.62. The fraction of sp³-hybridized carbons (Fsp3) is 0.0667. The summed E-state index contributed by atoms with van der Waals surface area (Å²) in [6, 6.07) is 17.3. The fourth-order valence-electron chi connectivity index (χ4n) is 2.00. The van der Waals surface area contributed by atoms with E-state index in [0.717, 1.165) is 17.0 Å². The molecule has 0 saturated carbocycles. The van der Waals surface area contributed by atoms with E-state index < -0.39 is 0 Å². The monoisotopic (exact) mass is 266 g/mol. The Bertz CT molecular complexity index is 704. The number of aromatic nitrogens is 3. The first-order valence-electron chi connectivity index (χ1n) is 6.20. The Hall–Kier alpha value is -2.82. The van der Waals surface area contributed by atoms with Crippen molar-refractivity contribution in [3.05, 3.63) is 54.6 Å². The third kappa shape index (κ3) is 2.09. The zero-order valence-electron chi connectivity index (χ0n) is 11.0.